The summed E-state index contributed by atoms with van der Waals surface area (Å²) in [5.74, 6) is -2.76. The van der Waals surface area contributed by atoms with Gasteiger partial charge in [0.25, 0.3) is 11.8 Å². The highest BCUT2D eigenvalue weighted by molar-refractivity contribution is 7.86. The third kappa shape index (κ3) is 7.42. The van der Waals surface area contributed by atoms with Crippen molar-refractivity contribution in [1.29, 1.82) is 5.41 Å². The molecular weight excluding hydrogens is 524 g/mol. The van der Waals surface area contributed by atoms with E-state index in [1.165, 1.54) is 42.5 Å². The highest BCUT2D eigenvalue weighted by Gasteiger charge is 2.24. The second-order valence-corrected chi connectivity index (χ2v) is 10.7. The second kappa shape index (κ2) is 11.8. The molecule has 0 saturated heterocycles. The highest BCUT2D eigenvalue weighted by Crippen LogP contribution is 2.30. The fourth-order valence-electron chi connectivity index (χ4n) is 3.62. The molecule has 0 atom stereocenters. The number of nitrogens with one attached hydrogen (secondary N) is 3. The SMILES string of the molecule is CC(C)CNC(=O)c1ccc(-c2ccccc2C(=O)Nc2ccc(C(=N)N)c(O)c2)c(C(=O)OS(C)(=O)=O)c1. The fourth-order valence-corrected chi connectivity index (χ4v) is 3.99. The summed E-state index contributed by atoms with van der Waals surface area (Å²) in [6.45, 7) is 4.22. The van der Waals surface area contributed by atoms with Gasteiger partial charge in [0.1, 0.15) is 11.6 Å². The summed E-state index contributed by atoms with van der Waals surface area (Å²) in [7, 11) is -4.18. The van der Waals surface area contributed by atoms with Crippen LogP contribution < -0.4 is 16.4 Å². The normalized spacial score (nSPS) is 11.1. The molecule has 0 heterocycles. The number of carbonyl (C=O) groups excluding carboxylic acids is 3. The third-order valence-electron chi connectivity index (χ3n) is 5.41. The third-order valence-corrected chi connectivity index (χ3v) is 5.86. The van der Waals surface area contributed by atoms with Crippen LogP contribution in [0.1, 0.15) is 50.5 Å². The van der Waals surface area contributed by atoms with E-state index in [1.54, 1.807) is 18.2 Å². The van der Waals surface area contributed by atoms with Gasteiger partial charge in [-0.1, -0.05) is 38.1 Å². The summed E-state index contributed by atoms with van der Waals surface area (Å²) in [5, 5.41) is 22.9. The number of benzene rings is 3. The van der Waals surface area contributed by atoms with Gasteiger partial charge in [0.05, 0.1) is 17.4 Å². The maximum Gasteiger partial charge on any atom is 0.354 e. The van der Waals surface area contributed by atoms with Crippen molar-refractivity contribution in [3.63, 3.8) is 0 Å². The predicted molar refractivity (Wildman–Crippen MR) is 146 cm³/mol. The smallest absolute Gasteiger partial charge is 0.354 e. The summed E-state index contributed by atoms with van der Waals surface area (Å²) in [6, 6.07) is 14.4. The monoisotopic (exact) mass is 552 g/mol. The maximum absolute atomic E-state index is 13.2. The number of anilines is 1. The Kier molecular flexibility index (Phi) is 8.71. The predicted octanol–water partition coefficient (Wildman–Crippen LogP) is 3.10. The lowest BCUT2D eigenvalue weighted by Gasteiger charge is -2.15. The molecule has 6 N–H and O–H groups in total. The van der Waals surface area contributed by atoms with Gasteiger partial charge in [-0.05, 0) is 47.4 Å². The average molecular weight is 553 g/mol. The van der Waals surface area contributed by atoms with Crippen molar-refractivity contribution >= 4 is 39.4 Å². The summed E-state index contributed by atoms with van der Waals surface area (Å²) >= 11 is 0. The van der Waals surface area contributed by atoms with Crippen LogP contribution >= 0.6 is 0 Å². The number of amidine groups is 1. The van der Waals surface area contributed by atoms with E-state index in [4.69, 9.17) is 11.1 Å². The van der Waals surface area contributed by atoms with Crippen molar-refractivity contribution in [2.24, 2.45) is 11.7 Å². The molecule has 204 valence electrons. The molecule has 0 aliphatic rings. The van der Waals surface area contributed by atoms with Crippen molar-refractivity contribution in [3.05, 3.63) is 82.9 Å². The van der Waals surface area contributed by atoms with Gasteiger partial charge < -0.3 is 25.7 Å². The van der Waals surface area contributed by atoms with Crippen molar-refractivity contribution in [3.8, 4) is 16.9 Å². The van der Waals surface area contributed by atoms with E-state index in [1.807, 2.05) is 13.8 Å². The Hall–Kier alpha value is -4.71. The number of rotatable bonds is 9. The van der Waals surface area contributed by atoms with Gasteiger partial charge in [-0.3, -0.25) is 15.0 Å². The van der Waals surface area contributed by atoms with E-state index in [9.17, 15) is 27.9 Å². The maximum atomic E-state index is 13.2. The molecule has 3 rings (SSSR count). The summed E-state index contributed by atoms with van der Waals surface area (Å²) in [6.07, 6.45) is 0.720. The van der Waals surface area contributed by atoms with Gasteiger partial charge in [-0.2, -0.15) is 8.42 Å². The molecule has 0 aromatic heterocycles. The Morgan fingerprint density at radius 3 is 2.23 bits per heavy atom. The summed E-state index contributed by atoms with van der Waals surface area (Å²) < 4.78 is 28.0. The van der Waals surface area contributed by atoms with Crippen LogP contribution in [0.25, 0.3) is 11.1 Å². The van der Waals surface area contributed by atoms with Crippen LogP contribution in [-0.4, -0.2) is 49.9 Å². The molecule has 2 amide bonds. The van der Waals surface area contributed by atoms with E-state index in [0.717, 1.165) is 6.26 Å². The summed E-state index contributed by atoms with van der Waals surface area (Å²) in [4.78, 5) is 38.8. The molecule has 0 aliphatic heterocycles. The van der Waals surface area contributed by atoms with Crippen LogP contribution in [0.4, 0.5) is 5.69 Å². The topological polar surface area (TPSA) is 189 Å². The first-order valence-corrected chi connectivity index (χ1v) is 13.5. The number of phenolic OH excluding ortho intramolecular Hbond substituents is 1. The second-order valence-electron chi connectivity index (χ2n) is 9.08. The van der Waals surface area contributed by atoms with Gasteiger partial charge in [0, 0.05) is 29.4 Å². The molecular formula is C27H28N4O7S. The standard InChI is InChI=1S/C27H28N4O7S/c1-15(2)14-30-25(33)16-8-10-19(22(12-16)27(35)38-39(3,36)37)18-6-4-5-7-20(18)26(34)31-17-9-11-21(24(28)29)23(32)13-17/h4-13,15,32H,14H2,1-3H3,(H3,28,29)(H,30,33)(H,31,34). The summed E-state index contributed by atoms with van der Waals surface area (Å²) in [5.41, 5.74) is 6.11. The Morgan fingerprint density at radius 1 is 0.949 bits per heavy atom. The average Bonchev–Trinajstić information content (AvgIpc) is 2.85. The Bertz CT molecular complexity index is 1570. The number of amides is 2. The fraction of sp³-hybridized carbons (Fsp3) is 0.185. The van der Waals surface area contributed by atoms with Crippen molar-refractivity contribution in [2.75, 3.05) is 18.1 Å². The van der Waals surface area contributed by atoms with E-state index < -0.39 is 27.9 Å². The van der Waals surface area contributed by atoms with Crippen molar-refractivity contribution < 1.29 is 32.1 Å². The van der Waals surface area contributed by atoms with Crippen LogP contribution in [0.5, 0.6) is 5.75 Å². The van der Waals surface area contributed by atoms with E-state index in [-0.39, 0.29) is 56.6 Å². The quantitative estimate of drug-likeness (QED) is 0.152. The van der Waals surface area contributed by atoms with Gasteiger partial charge in [-0.15, -0.1) is 0 Å². The molecule has 0 aliphatic carbocycles. The van der Waals surface area contributed by atoms with Crippen molar-refractivity contribution in [1.82, 2.24) is 5.32 Å². The van der Waals surface area contributed by atoms with Gasteiger partial charge in [0.2, 0.25) is 0 Å². The Balaban J connectivity index is 2.06. The van der Waals surface area contributed by atoms with Gasteiger partial charge >= 0.3 is 16.1 Å². The molecule has 0 saturated carbocycles. The Morgan fingerprint density at radius 2 is 1.62 bits per heavy atom. The number of nitrogens with two attached hydrogens (primary N) is 1. The highest BCUT2D eigenvalue weighted by atomic mass is 32.2. The lowest BCUT2D eigenvalue weighted by atomic mass is 9.93. The van der Waals surface area contributed by atoms with Crippen molar-refractivity contribution in [2.45, 2.75) is 13.8 Å². The molecule has 0 unspecified atom stereocenters. The zero-order valence-corrected chi connectivity index (χ0v) is 22.3. The number of carbonyl (C=O) groups is 3. The minimum absolute atomic E-state index is 0.0972. The van der Waals surface area contributed by atoms with E-state index in [0.29, 0.717) is 6.54 Å². The first-order chi connectivity index (χ1) is 18.3. The lowest BCUT2D eigenvalue weighted by Crippen LogP contribution is -2.27. The molecule has 39 heavy (non-hydrogen) atoms. The molecule has 0 fully saturated rings. The minimum Gasteiger partial charge on any atom is -0.507 e. The number of hydrogen-bond donors (Lipinski definition) is 5. The van der Waals surface area contributed by atoms with E-state index >= 15 is 0 Å². The van der Waals surface area contributed by atoms with Crippen LogP contribution in [0.2, 0.25) is 0 Å². The van der Waals surface area contributed by atoms with Gasteiger partial charge in [-0.25, -0.2) is 4.79 Å². The molecule has 12 heteroatoms. The number of hydrogen-bond acceptors (Lipinski definition) is 8. The molecule has 0 spiro atoms. The molecule has 11 nitrogen and oxygen atoms in total. The van der Waals surface area contributed by atoms with Crippen LogP contribution in [0.3, 0.4) is 0 Å². The lowest BCUT2D eigenvalue weighted by molar-refractivity contribution is 0.0748. The molecule has 0 bridgehead atoms. The first kappa shape index (κ1) is 28.9. The molecule has 3 aromatic carbocycles. The molecule has 0 radical (unpaired) electrons. The zero-order valence-electron chi connectivity index (χ0n) is 21.4. The largest absolute Gasteiger partial charge is 0.507 e. The number of phenols is 1. The minimum atomic E-state index is -4.18. The van der Waals surface area contributed by atoms with Crippen LogP contribution in [-0.2, 0) is 14.3 Å². The van der Waals surface area contributed by atoms with Crippen LogP contribution in [0.15, 0.2) is 60.7 Å². The Labute approximate surface area is 225 Å². The van der Waals surface area contributed by atoms with Crippen LogP contribution in [0, 0.1) is 11.3 Å². The first-order valence-electron chi connectivity index (χ1n) is 11.7. The zero-order chi connectivity index (χ0) is 28.9. The van der Waals surface area contributed by atoms with E-state index in [2.05, 4.69) is 14.8 Å². The van der Waals surface area contributed by atoms with Gasteiger partial charge in [0.15, 0.2) is 0 Å². The number of aromatic hydroxyl groups is 1. The molecule has 3 aromatic rings. The number of nitrogen functional groups attached to an aromatic ring is 1.